The molecule has 2 aromatic rings. The normalized spacial score (nSPS) is 9.94. The molecule has 0 aromatic carbocycles. The molecule has 2 rings (SSSR count). The van der Waals surface area contributed by atoms with Gasteiger partial charge >= 0.3 is 5.88 Å². The summed E-state index contributed by atoms with van der Waals surface area (Å²) in [6.07, 6.45) is 3.09. The van der Waals surface area contributed by atoms with Crippen molar-refractivity contribution in [3.63, 3.8) is 0 Å². The highest BCUT2D eigenvalue weighted by Gasteiger charge is 2.12. The topological polar surface area (TPSA) is 97.9 Å². The number of hydrogen-bond acceptors (Lipinski definition) is 5. The van der Waals surface area contributed by atoms with Crippen molar-refractivity contribution in [2.24, 2.45) is 0 Å². The van der Waals surface area contributed by atoms with E-state index < -0.39 is 4.92 Å². The van der Waals surface area contributed by atoms with E-state index in [4.69, 9.17) is 9.68 Å². The Bertz CT molecular complexity index is 563. The minimum atomic E-state index is -0.609. The molecule has 16 heavy (non-hydrogen) atoms. The smallest absolute Gasteiger partial charge is 0.404 e. The first-order chi connectivity index (χ1) is 7.70. The number of nitrogens with zero attached hydrogens (tertiary/aromatic N) is 4. The third-order valence-electron chi connectivity index (χ3n) is 1.97. The molecule has 0 atom stereocenters. The number of rotatable bonds is 3. The maximum absolute atomic E-state index is 10.4. The van der Waals surface area contributed by atoms with Crippen LogP contribution in [0.2, 0.25) is 0 Å². The summed E-state index contributed by atoms with van der Waals surface area (Å²) in [6.45, 7) is 0.247. The first kappa shape index (κ1) is 9.92. The Labute approximate surface area is 89.7 Å². The summed E-state index contributed by atoms with van der Waals surface area (Å²) in [5, 5.41) is 19.1. The van der Waals surface area contributed by atoms with Crippen molar-refractivity contribution in [1.29, 1.82) is 5.26 Å². The van der Waals surface area contributed by atoms with Crippen molar-refractivity contribution in [2.45, 2.75) is 6.54 Å². The van der Waals surface area contributed by atoms with Gasteiger partial charge in [-0.25, -0.2) is 4.98 Å². The number of imidazole rings is 1. The van der Waals surface area contributed by atoms with Crippen molar-refractivity contribution in [3.8, 4) is 6.07 Å². The molecule has 0 N–H and O–H groups in total. The van der Waals surface area contributed by atoms with E-state index in [0.29, 0.717) is 5.76 Å². The summed E-state index contributed by atoms with van der Waals surface area (Å²) in [4.78, 5) is 13.6. The zero-order valence-electron chi connectivity index (χ0n) is 8.03. The molecule has 0 spiro atoms. The lowest BCUT2D eigenvalue weighted by molar-refractivity contribution is -0.402. The van der Waals surface area contributed by atoms with Gasteiger partial charge in [0.2, 0.25) is 5.82 Å². The van der Waals surface area contributed by atoms with Crippen LogP contribution in [0.15, 0.2) is 28.9 Å². The summed E-state index contributed by atoms with van der Waals surface area (Å²) in [6, 6.07) is 4.68. The minimum Gasteiger partial charge on any atom is -0.404 e. The molecule has 0 saturated carbocycles. The van der Waals surface area contributed by atoms with E-state index in [2.05, 4.69) is 4.98 Å². The van der Waals surface area contributed by atoms with Gasteiger partial charge in [-0.3, -0.25) is 10.1 Å². The van der Waals surface area contributed by atoms with Crippen LogP contribution in [0.25, 0.3) is 0 Å². The van der Waals surface area contributed by atoms with Crippen LogP contribution >= 0.6 is 0 Å². The highest BCUT2D eigenvalue weighted by molar-refractivity contribution is 5.19. The fraction of sp³-hybridized carbons (Fsp3) is 0.111. The van der Waals surface area contributed by atoms with E-state index >= 15 is 0 Å². The van der Waals surface area contributed by atoms with Crippen molar-refractivity contribution in [3.05, 3.63) is 46.2 Å². The highest BCUT2D eigenvalue weighted by atomic mass is 16.6. The first-order valence-electron chi connectivity index (χ1n) is 4.35. The summed E-state index contributed by atoms with van der Waals surface area (Å²) in [5.41, 5.74) is 0. The van der Waals surface area contributed by atoms with Crippen LogP contribution in [0.4, 0.5) is 5.88 Å². The van der Waals surface area contributed by atoms with Crippen LogP contribution in [0.5, 0.6) is 0 Å². The standard InChI is InChI=1S/C9H6N4O3/c10-5-8-11-3-4-12(8)6-7-1-2-9(16-7)13(14)15/h1-4H,6H2. The third-order valence-corrected chi connectivity index (χ3v) is 1.97. The SMILES string of the molecule is N#Cc1nccn1Cc1ccc([N+](=O)[O-])o1. The highest BCUT2D eigenvalue weighted by Crippen LogP contribution is 2.16. The molecular formula is C9H6N4O3. The molecule has 80 valence electrons. The molecule has 2 aromatic heterocycles. The molecule has 0 unspecified atom stereocenters. The van der Waals surface area contributed by atoms with Gasteiger partial charge in [0.15, 0.2) is 0 Å². The average Bonchev–Trinajstić information content (AvgIpc) is 2.87. The number of hydrogen-bond donors (Lipinski definition) is 0. The van der Waals surface area contributed by atoms with Crippen molar-refractivity contribution in [1.82, 2.24) is 9.55 Å². The Morgan fingerprint density at radius 1 is 1.62 bits per heavy atom. The molecule has 0 aliphatic heterocycles. The van der Waals surface area contributed by atoms with E-state index in [-0.39, 0.29) is 18.3 Å². The molecule has 0 amide bonds. The molecule has 7 nitrogen and oxygen atoms in total. The van der Waals surface area contributed by atoms with Crippen molar-refractivity contribution < 1.29 is 9.34 Å². The molecule has 0 aliphatic rings. The van der Waals surface area contributed by atoms with E-state index in [9.17, 15) is 10.1 Å². The van der Waals surface area contributed by atoms with Gasteiger partial charge in [-0.2, -0.15) is 5.26 Å². The van der Waals surface area contributed by atoms with Gasteiger partial charge in [-0.15, -0.1) is 0 Å². The number of nitro groups is 1. The maximum Gasteiger partial charge on any atom is 0.433 e. The second-order valence-corrected chi connectivity index (χ2v) is 2.99. The second kappa shape index (κ2) is 3.86. The lowest BCUT2D eigenvalue weighted by Crippen LogP contribution is -2.00. The van der Waals surface area contributed by atoms with Gasteiger partial charge in [0.1, 0.15) is 16.8 Å². The van der Waals surface area contributed by atoms with Crippen molar-refractivity contribution in [2.75, 3.05) is 0 Å². The number of furan rings is 1. The lowest BCUT2D eigenvalue weighted by atomic mass is 10.4. The van der Waals surface area contributed by atoms with Gasteiger partial charge in [0.25, 0.3) is 0 Å². The van der Waals surface area contributed by atoms with Crippen LogP contribution in [-0.2, 0) is 6.54 Å². The van der Waals surface area contributed by atoms with Crippen LogP contribution in [0.3, 0.4) is 0 Å². The number of aromatic nitrogens is 2. The van der Waals surface area contributed by atoms with Gasteiger partial charge in [-0.1, -0.05) is 0 Å². The molecule has 2 heterocycles. The minimum absolute atomic E-state index is 0.235. The fourth-order valence-electron chi connectivity index (χ4n) is 1.27. The van der Waals surface area contributed by atoms with Crippen LogP contribution < -0.4 is 0 Å². The first-order valence-corrected chi connectivity index (χ1v) is 4.35. The largest absolute Gasteiger partial charge is 0.433 e. The predicted molar refractivity (Wildman–Crippen MR) is 51.4 cm³/mol. The Kier molecular flexibility index (Phi) is 2.39. The summed E-state index contributed by atoms with van der Waals surface area (Å²) >= 11 is 0. The second-order valence-electron chi connectivity index (χ2n) is 2.99. The van der Waals surface area contributed by atoms with E-state index in [1.54, 1.807) is 10.8 Å². The maximum atomic E-state index is 10.4. The Morgan fingerprint density at radius 2 is 2.44 bits per heavy atom. The van der Waals surface area contributed by atoms with Crippen LogP contribution in [0, 0.1) is 21.4 Å². The summed E-state index contributed by atoms with van der Waals surface area (Å²) in [7, 11) is 0. The number of nitriles is 1. The molecule has 0 fully saturated rings. The molecular weight excluding hydrogens is 212 g/mol. The van der Waals surface area contributed by atoms with Crippen LogP contribution in [-0.4, -0.2) is 14.5 Å². The molecule has 0 radical (unpaired) electrons. The zero-order chi connectivity index (χ0) is 11.5. The summed E-state index contributed by atoms with van der Waals surface area (Å²) in [5.74, 6) is 0.328. The molecule has 0 aliphatic carbocycles. The zero-order valence-corrected chi connectivity index (χ0v) is 8.03. The summed E-state index contributed by atoms with van der Waals surface area (Å²) < 4.78 is 6.50. The third kappa shape index (κ3) is 1.76. The van der Waals surface area contributed by atoms with E-state index in [0.717, 1.165) is 0 Å². The van der Waals surface area contributed by atoms with Gasteiger partial charge in [-0.05, 0) is 6.07 Å². The van der Waals surface area contributed by atoms with E-state index in [1.165, 1.54) is 18.3 Å². The molecule has 0 saturated heterocycles. The lowest BCUT2D eigenvalue weighted by Gasteiger charge is -1.98. The van der Waals surface area contributed by atoms with Gasteiger partial charge in [0, 0.05) is 12.4 Å². The van der Waals surface area contributed by atoms with Gasteiger partial charge < -0.3 is 8.98 Å². The Balaban J connectivity index is 2.21. The van der Waals surface area contributed by atoms with Crippen molar-refractivity contribution >= 4 is 5.88 Å². The average molecular weight is 218 g/mol. The predicted octanol–water partition coefficient (Wildman–Crippen LogP) is 1.30. The quantitative estimate of drug-likeness (QED) is 0.571. The van der Waals surface area contributed by atoms with Gasteiger partial charge in [0.05, 0.1) is 12.6 Å². The van der Waals surface area contributed by atoms with Crippen LogP contribution in [0.1, 0.15) is 11.6 Å². The Hall–Kier alpha value is -2.62. The molecule has 7 heteroatoms. The van der Waals surface area contributed by atoms with E-state index in [1.807, 2.05) is 6.07 Å². The fourth-order valence-corrected chi connectivity index (χ4v) is 1.27. The molecule has 0 bridgehead atoms. The monoisotopic (exact) mass is 218 g/mol. The Morgan fingerprint density at radius 3 is 3.06 bits per heavy atom.